The van der Waals surface area contributed by atoms with Crippen LogP contribution in [0, 0.1) is 5.82 Å². The zero-order chi connectivity index (χ0) is 12.4. The largest absolute Gasteiger partial charge is 0.328 e. The second-order valence-electron chi connectivity index (χ2n) is 3.87. The SMILES string of the molecule is CCCn1c(CCCl)nc2cc(F)c(Cl)cc21. The Bertz CT molecular complexity index is 537. The number of fused-ring (bicyclic) bond motifs is 1. The first-order valence-corrected chi connectivity index (χ1v) is 6.48. The van der Waals surface area contributed by atoms with Crippen LogP contribution in [-0.2, 0) is 13.0 Å². The van der Waals surface area contributed by atoms with Crippen molar-refractivity contribution in [1.29, 1.82) is 0 Å². The van der Waals surface area contributed by atoms with Crippen molar-refractivity contribution < 1.29 is 4.39 Å². The van der Waals surface area contributed by atoms with Crippen molar-refractivity contribution in [3.05, 3.63) is 28.8 Å². The first-order chi connectivity index (χ1) is 8.17. The number of alkyl halides is 1. The Morgan fingerprint density at radius 3 is 2.82 bits per heavy atom. The summed E-state index contributed by atoms with van der Waals surface area (Å²) in [4.78, 5) is 4.40. The summed E-state index contributed by atoms with van der Waals surface area (Å²) in [6.45, 7) is 2.92. The summed E-state index contributed by atoms with van der Waals surface area (Å²) >= 11 is 11.5. The van der Waals surface area contributed by atoms with E-state index < -0.39 is 5.82 Å². The minimum Gasteiger partial charge on any atom is -0.328 e. The fourth-order valence-corrected chi connectivity index (χ4v) is 2.25. The highest BCUT2D eigenvalue weighted by Crippen LogP contribution is 2.24. The summed E-state index contributed by atoms with van der Waals surface area (Å²) in [7, 11) is 0. The van der Waals surface area contributed by atoms with E-state index in [0.717, 1.165) is 24.3 Å². The molecule has 0 aliphatic heterocycles. The molecule has 2 nitrogen and oxygen atoms in total. The number of halogens is 3. The van der Waals surface area contributed by atoms with Gasteiger partial charge in [-0.2, -0.15) is 0 Å². The second kappa shape index (κ2) is 5.23. The number of nitrogens with zero attached hydrogens (tertiary/aromatic N) is 2. The van der Waals surface area contributed by atoms with Crippen LogP contribution in [0.25, 0.3) is 11.0 Å². The molecule has 0 saturated heterocycles. The van der Waals surface area contributed by atoms with E-state index in [9.17, 15) is 4.39 Å². The molecule has 2 rings (SSSR count). The Morgan fingerprint density at radius 2 is 2.18 bits per heavy atom. The Kier molecular flexibility index (Phi) is 3.89. The van der Waals surface area contributed by atoms with Gasteiger partial charge in [0.15, 0.2) is 0 Å². The van der Waals surface area contributed by atoms with Crippen molar-refractivity contribution in [2.24, 2.45) is 0 Å². The fourth-order valence-electron chi connectivity index (χ4n) is 1.92. The van der Waals surface area contributed by atoms with E-state index >= 15 is 0 Å². The van der Waals surface area contributed by atoms with E-state index in [1.54, 1.807) is 6.07 Å². The molecule has 1 aromatic carbocycles. The van der Waals surface area contributed by atoms with Crippen LogP contribution in [0.15, 0.2) is 12.1 Å². The molecule has 0 bridgehead atoms. The molecule has 0 radical (unpaired) electrons. The summed E-state index contributed by atoms with van der Waals surface area (Å²) in [6, 6.07) is 3.01. The van der Waals surface area contributed by atoms with Gasteiger partial charge in [-0.05, 0) is 12.5 Å². The molecule has 17 heavy (non-hydrogen) atoms. The molecule has 2 aromatic rings. The Hall–Kier alpha value is -0.800. The molecule has 0 saturated carbocycles. The lowest BCUT2D eigenvalue weighted by Gasteiger charge is -2.06. The third kappa shape index (κ3) is 2.40. The first kappa shape index (κ1) is 12.7. The summed E-state index contributed by atoms with van der Waals surface area (Å²) in [5.74, 6) is 0.958. The number of imidazole rings is 1. The average molecular weight is 275 g/mol. The Labute approximate surface area is 109 Å². The van der Waals surface area contributed by atoms with E-state index in [4.69, 9.17) is 23.2 Å². The normalized spacial score (nSPS) is 11.3. The summed E-state index contributed by atoms with van der Waals surface area (Å²) in [6.07, 6.45) is 1.66. The van der Waals surface area contributed by atoms with Crippen molar-refractivity contribution in [3.63, 3.8) is 0 Å². The predicted octanol–water partition coefficient (Wildman–Crippen LogP) is 4.02. The molecule has 0 aliphatic carbocycles. The van der Waals surface area contributed by atoms with Gasteiger partial charge in [-0.15, -0.1) is 11.6 Å². The number of rotatable bonds is 4. The average Bonchev–Trinajstić information content (AvgIpc) is 2.59. The van der Waals surface area contributed by atoms with E-state index in [1.165, 1.54) is 6.07 Å². The summed E-state index contributed by atoms with van der Waals surface area (Å²) in [5.41, 5.74) is 1.51. The van der Waals surface area contributed by atoms with Crippen LogP contribution in [-0.4, -0.2) is 15.4 Å². The molecular formula is C12H13Cl2FN2. The van der Waals surface area contributed by atoms with E-state index in [-0.39, 0.29) is 5.02 Å². The zero-order valence-electron chi connectivity index (χ0n) is 9.51. The Morgan fingerprint density at radius 1 is 1.41 bits per heavy atom. The van der Waals surface area contributed by atoms with Crippen molar-refractivity contribution in [2.75, 3.05) is 5.88 Å². The molecule has 0 fully saturated rings. The maximum atomic E-state index is 13.4. The van der Waals surface area contributed by atoms with Crippen LogP contribution in [0.3, 0.4) is 0 Å². The standard InChI is InChI=1S/C12H13Cl2FN2/c1-2-5-17-11-6-8(14)9(15)7-10(11)16-12(17)3-4-13/h6-7H,2-5H2,1H3. The van der Waals surface area contributed by atoms with Crippen LogP contribution < -0.4 is 0 Å². The van der Waals surface area contributed by atoms with E-state index in [0.29, 0.717) is 17.8 Å². The molecule has 5 heteroatoms. The summed E-state index contributed by atoms with van der Waals surface area (Å²) < 4.78 is 15.4. The predicted molar refractivity (Wildman–Crippen MR) is 69.4 cm³/mol. The highest BCUT2D eigenvalue weighted by molar-refractivity contribution is 6.31. The van der Waals surface area contributed by atoms with Crippen molar-refractivity contribution in [2.45, 2.75) is 26.3 Å². The Balaban J connectivity index is 2.62. The highest BCUT2D eigenvalue weighted by Gasteiger charge is 2.12. The molecule has 1 aromatic heterocycles. The molecular weight excluding hydrogens is 262 g/mol. The molecule has 1 heterocycles. The molecule has 0 aliphatic rings. The van der Waals surface area contributed by atoms with Gasteiger partial charge in [0.05, 0.1) is 16.1 Å². The number of hydrogen-bond acceptors (Lipinski definition) is 1. The van der Waals surface area contributed by atoms with Crippen molar-refractivity contribution in [1.82, 2.24) is 9.55 Å². The number of aryl methyl sites for hydroxylation is 2. The molecule has 0 amide bonds. The summed E-state index contributed by atoms with van der Waals surface area (Å²) in [5, 5.41) is 0.132. The van der Waals surface area contributed by atoms with Crippen LogP contribution in [0.4, 0.5) is 4.39 Å². The zero-order valence-corrected chi connectivity index (χ0v) is 11.0. The van der Waals surface area contributed by atoms with Crippen LogP contribution in [0.1, 0.15) is 19.2 Å². The van der Waals surface area contributed by atoms with Gasteiger partial charge in [-0.1, -0.05) is 18.5 Å². The second-order valence-corrected chi connectivity index (χ2v) is 4.66. The minimum atomic E-state index is -0.433. The van der Waals surface area contributed by atoms with Crippen molar-refractivity contribution >= 4 is 34.2 Å². The highest BCUT2D eigenvalue weighted by atomic mass is 35.5. The van der Waals surface area contributed by atoms with E-state index in [1.807, 2.05) is 0 Å². The van der Waals surface area contributed by atoms with Gasteiger partial charge in [-0.25, -0.2) is 9.37 Å². The monoisotopic (exact) mass is 274 g/mol. The van der Waals surface area contributed by atoms with Gasteiger partial charge in [0.1, 0.15) is 11.6 Å². The van der Waals surface area contributed by atoms with Gasteiger partial charge in [0.25, 0.3) is 0 Å². The number of hydrogen-bond donors (Lipinski definition) is 0. The smallest absolute Gasteiger partial charge is 0.144 e. The lowest BCUT2D eigenvalue weighted by atomic mass is 10.3. The number of aromatic nitrogens is 2. The molecule has 0 spiro atoms. The first-order valence-electron chi connectivity index (χ1n) is 5.57. The topological polar surface area (TPSA) is 17.8 Å². The van der Waals surface area contributed by atoms with Gasteiger partial charge < -0.3 is 4.57 Å². The molecule has 0 unspecified atom stereocenters. The third-order valence-electron chi connectivity index (χ3n) is 2.63. The minimum absolute atomic E-state index is 0.132. The van der Waals surface area contributed by atoms with Gasteiger partial charge >= 0.3 is 0 Å². The molecule has 92 valence electrons. The quantitative estimate of drug-likeness (QED) is 0.770. The third-order valence-corrected chi connectivity index (χ3v) is 3.11. The molecule has 0 N–H and O–H groups in total. The lowest BCUT2D eigenvalue weighted by Crippen LogP contribution is -2.04. The van der Waals surface area contributed by atoms with E-state index in [2.05, 4.69) is 16.5 Å². The van der Waals surface area contributed by atoms with Crippen LogP contribution >= 0.6 is 23.2 Å². The lowest BCUT2D eigenvalue weighted by molar-refractivity contribution is 0.629. The van der Waals surface area contributed by atoms with Crippen LogP contribution in [0.5, 0.6) is 0 Å². The fraction of sp³-hybridized carbons (Fsp3) is 0.417. The maximum absolute atomic E-state index is 13.4. The molecule has 0 atom stereocenters. The van der Waals surface area contributed by atoms with Gasteiger partial charge in [-0.3, -0.25) is 0 Å². The number of benzene rings is 1. The van der Waals surface area contributed by atoms with Crippen LogP contribution in [0.2, 0.25) is 5.02 Å². The van der Waals surface area contributed by atoms with Crippen molar-refractivity contribution in [3.8, 4) is 0 Å². The maximum Gasteiger partial charge on any atom is 0.144 e. The van der Waals surface area contributed by atoms with Gasteiger partial charge in [0, 0.05) is 24.9 Å². The van der Waals surface area contributed by atoms with Gasteiger partial charge in [0.2, 0.25) is 0 Å².